The van der Waals surface area contributed by atoms with Crippen LogP contribution in [0.15, 0.2) is 24.0 Å². The first-order valence-electron chi connectivity index (χ1n) is 2.15. The summed E-state index contributed by atoms with van der Waals surface area (Å²) in [6.07, 6.45) is 0. The van der Waals surface area contributed by atoms with Gasteiger partial charge in [0.05, 0.1) is 0 Å². The molecule has 0 spiro atoms. The van der Waals surface area contributed by atoms with Gasteiger partial charge in [-0.1, -0.05) is 24.8 Å². The number of hydrogen-bond donors (Lipinski definition) is 2. The zero-order valence-electron chi connectivity index (χ0n) is 4.79. The average molecular weight is 133 g/mol. The van der Waals surface area contributed by atoms with Crippen molar-refractivity contribution in [2.75, 3.05) is 0 Å². The van der Waals surface area contributed by atoms with Crippen molar-refractivity contribution < 1.29 is 0 Å². The van der Waals surface area contributed by atoms with Gasteiger partial charge in [-0.05, 0) is 6.92 Å². The number of halogens is 1. The van der Waals surface area contributed by atoms with Crippen LogP contribution in [0.1, 0.15) is 6.92 Å². The molecule has 0 saturated heterocycles. The summed E-state index contributed by atoms with van der Waals surface area (Å²) >= 11 is 5.31. The van der Waals surface area contributed by atoms with Crippen molar-refractivity contribution in [3.8, 4) is 0 Å². The molecule has 0 aromatic heterocycles. The molecular formula is C5H9ClN2. The molecule has 46 valence electrons. The first-order valence-corrected chi connectivity index (χ1v) is 2.52. The largest absolute Gasteiger partial charge is 0.305 e. The van der Waals surface area contributed by atoms with Crippen molar-refractivity contribution in [2.24, 2.45) is 0 Å². The third-order valence-corrected chi connectivity index (χ3v) is 0.506. The monoisotopic (exact) mass is 132 g/mol. The third-order valence-electron chi connectivity index (χ3n) is 0.412. The predicted octanol–water partition coefficient (Wildman–Crippen LogP) is 1.32. The summed E-state index contributed by atoms with van der Waals surface area (Å²) in [7, 11) is 0. The van der Waals surface area contributed by atoms with E-state index in [1.54, 1.807) is 0 Å². The van der Waals surface area contributed by atoms with Crippen molar-refractivity contribution in [1.29, 1.82) is 0 Å². The summed E-state index contributed by atoms with van der Waals surface area (Å²) in [5.74, 6) is 0. The highest BCUT2D eigenvalue weighted by Gasteiger charge is 1.80. The van der Waals surface area contributed by atoms with E-state index in [-0.39, 0.29) is 0 Å². The van der Waals surface area contributed by atoms with E-state index in [4.69, 9.17) is 11.6 Å². The summed E-state index contributed by atoms with van der Waals surface area (Å²) in [5.41, 5.74) is 6.03. The van der Waals surface area contributed by atoms with Crippen LogP contribution in [0.2, 0.25) is 0 Å². The number of allylic oxidation sites excluding steroid dienone is 1. The van der Waals surface area contributed by atoms with Crippen molar-refractivity contribution in [3.63, 3.8) is 0 Å². The maximum atomic E-state index is 5.31. The van der Waals surface area contributed by atoms with Crippen LogP contribution in [0.4, 0.5) is 0 Å². The maximum Gasteiger partial charge on any atom is 0.113 e. The zero-order valence-corrected chi connectivity index (χ0v) is 5.55. The molecule has 0 atom stereocenters. The van der Waals surface area contributed by atoms with Crippen LogP contribution in [0.3, 0.4) is 0 Å². The molecule has 8 heavy (non-hydrogen) atoms. The minimum absolute atomic E-state index is 0.355. The van der Waals surface area contributed by atoms with Gasteiger partial charge in [0, 0.05) is 5.70 Å². The highest BCUT2D eigenvalue weighted by molar-refractivity contribution is 6.28. The zero-order chi connectivity index (χ0) is 6.57. The van der Waals surface area contributed by atoms with Crippen LogP contribution in [0, 0.1) is 0 Å². The molecule has 0 aliphatic carbocycles. The SMILES string of the molecule is C=C(C)NNC(=C)Cl. The number of hydrogen-bond acceptors (Lipinski definition) is 2. The Kier molecular flexibility index (Phi) is 3.12. The lowest BCUT2D eigenvalue weighted by atomic mass is 10.6. The Labute approximate surface area is 54.2 Å². The Morgan fingerprint density at radius 1 is 1.38 bits per heavy atom. The van der Waals surface area contributed by atoms with Gasteiger partial charge >= 0.3 is 0 Å². The van der Waals surface area contributed by atoms with Crippen LogP contribution in [-0.2, 0) is 0 Å². The fraction of sp³-hybridized carbons (Fsp3) is 0.200. The molecule has 0 aromatic rings. The highest BCUT2D eigenvalue weighted by Crippen LogP contribution is 1.86. The quantitative estimate of drug-likeness (QED) is 0.447. The lowest BCUT2D eigenvalue weighted by Gasteiger charge is -2.04. The molecule has 0 aliphatic rings. The first-order chi connectivity index (χ1) is 3.63. The van der Waals surface area contributed by atoms with Crippen LogP contribution < -0.4 is 10.9 Å². The van der Waals surface area contributed by atoms with Crippen molar-refractivity contribution in [1.82, 2.24) is 10.9 Å². The van der Waals surface area contributed by atoms with Crippen molar-refractivity contribution in [2.45, 2.75) is 6.92 Å². The Hall–Kier alpha value is -0.630. The minimum atomic E-state index is 0.355. The molecule has 0 rings (SSSR count). The first kappa shape index (κ1) is 7.37. The van der Waals surface area contributed by atoms with E-state index in [0.717, 1.165) is 5.70 Å². The van der Waals surface area contributed by atoms with E-state index in [1.807, 2.05) is 6.92 Å². The second kappa shape index (κ2) is 3.38. The fourth-order valence-electron chi connectivity index (χ4n) is 0.175. The summed E-state index contributed by atoms with van der Waals surface area (Å²) in [6.45, 7) is 8.74. The van der Waals surface area contributed by atoms with Gasteiger partial charge in [-0.25, -0.2) is 0 Å². The lowest BCUT2D eigenvalue weighted by Crippen LogP contribution is -2.26. The standard InChI is InChI=1S/C5H9ClN2/c1-4(2)7-8-5(3)6/h7-8H,1,3H2,2H3. The average Bonchev–Trinajstić information content (AvgIpc) is 1.61. The highest BCUT2D eigenvalue weighted by atomic mass is 35.5. The van der Waals surface area contributed by atoms with Crippen LogP contribution >= 0.6 is 11.6 Å². The van der Waals surface area contributed by atoms with E-state index in [0.29, 0.717) is 5.16 Å². The second-order valence-electron chi connectivity index (χ2n) is 1.44. The van der Waals surface area contributed by atoms with E-state index < -0.39 is 0 Å². The van der Waals surface area contributed by atoms with Gasteiger partial charge in [0.25, 0.3) is 0 Å². The van der Waals surface area contributed by atoms with Crippen LogP contribution in [-0.4, -0.2) is 0 Å². The minimum Gasteiger partial charge on any atom is -0.305 e. The summed E-state index contributed by atoms with van der Waals surface area (Å²) in [4.78, 5) is 0. The molecule has 0 heterocycles. The van der Waals surface area contributed by atoms with Crippen molar-refractivity contribution in [3.05, 3.63) is 24.0 Å². The second-order valence-corrected chi connectivity index (χ2v) is 1.89. The molecule has 0 unspecified atom stereocenters. The maximum absolute atomic E-state index is 5.31. The van der Waals surface area contributed by atoms with E-state index in [1.165, 1.54) is 0 Å². The number of hydrazine groups is 1. The van der Waals surface area contributed by atoms with Crippen molar-refractivity contribution >= 4 is 11.6 Å². The van der Waals surface area contributed by atoms with Gasteiger partial charge in [0.1, 0.15) is 5.16 Å². The summed E-state index contributed by atoms with van der Waals surface area (Å²) in [6, 6.07) is 0. The molecule has 0 radical (unpaired) electrons. The van der Waals surface area contributed by atoms with Gasteiger partial charge in [0.15, 0.2) is 0 Å². The lowest BCUT2D eigenvalue weighted by molar-refractivity contribution is 0.722. The molecule has 0 aromatic carbocycles. The molecule has 0 fully saturated rings. The Morgan fingerprint density at radius 2 is 1.88 bits per heavy atom. The molecule has 3 heteroatoms. The van der Waals surface area contributed by atoms with Gasteiger partial charge in [-0.15, -0.1) is 0 Å². The molecule has 0 saturated carbocycles. The van der Waals surface area contributed by atoms with Crippen LogP contribution in [0.5, 0.6) is 0 Å². The molecule has 2 nitrogen and oxygen atoms in total. The Bertz CT molecular complexity index is 95.0. The van der Waals surface area contributed by atoms with Crippen LogP contribution in [0.25, 0.3) is 0 Å². The molecule has 0 aliphatic heterocycles. The van der Waals surface area contributed by atoms with E-state index in [9.17, 15) is 0 Å². The predicted molar refractivity (Wildman–Crippen MR) is 36.1 cm³/mol. The molecule has 2 N–H and O–H groups in total. The van der Waals surface area contributed by atoms with E-state index >= 15 is 0 Å². The van der Waals surface area contributed by atoms with E-state index in [2.05, 4.69) is 24.0 Å². The Balaban J connectivity index is 3.18. The molecule has 0 amide bonds. The normalized spacial score (nSPS) is 7.75. The smallest absolute Gasteiger partial charge is 0.113 e. The Morgan fingerprint density at radius 3 is 2.00 bits per heavy atom. The number of nitrogens with one attached hydrogen (secondary N) is 2. The number of rotatable bonds is 3. The third kappa shape index (κ3) is 5.37. The fourth-order valence-corrected chi connectivity index (χ4v) is 0.222. The van der Waals surface area contributed by atoms with Gasteiger partial charge in [-0.3, -0.25) is 5.43 Å². The van der Waals surface area contributed by atoms with Gasteiger partial charge in [-0.2, -0.15) is 0 Å². The molecular weight excluding hydrogens is 124 g/mol. The summed E-state index contributed by atoms with van der Waals surface area (Å²) in [5, 5.41) is 0.355. The topological polar surface area (TPSA) is 24.1 Å². The summed E-state index contributed by atoms with van der Waals surface area (Å²) < 4.78 is 0. The van der Waals surface area contributed by atoms with Gasteiger partial charge < -0.3 is 5.43 Å². The van der Waals surface area contributed by atoms with Gasteiger partial charge in [0.2, 0.25) is 0 Å². The molecule has 0 bridgehead atoms.